The summed E-state index contributed by atoms with van der Waals surface area (Å²) >= 11 is 0. The average molecular weight is 316 g/mol. The molecule has 0 bridgehead atoms. The lowest BCUT2D eigenvalue weighted by Gasteiger charge is -2.14. The van der Waals surface area contributed by atoms with Crippen molar-refractivity contribution in [2.45, 2.75) is 12.8 Å². The number of rotatable bonds is 7. The molecule has 0 unspecified atom stereocenters. The van der Waals surface area contributed by atoms with Crippen LogP contribution in [0.4, 0.5) is 0 Å². The minimum Gasteiger partial charge on any atom is -0.508 e. The maximum Gasteiger partial charge on any atom is 0.203 e. The lowest BCUT2D eigenvalue weighted by Crippen LogP contribution is -2.02. The number of phenolic OH excluding ortho intramolecular Hbond substituents is 1. The zero-order valence-electron chi connectivity index (χ0n) is 13.5. The van der Waals surface area contributed by atoms with E-state index in [2.05, 4.69) is 0 Å². The normalized spacial score (nSPS) is 10.2. The van der Waals surface area contributed by atoms with Gasteiger partial charge in [-0.15, -0.1) is 0 Å². The van der Waals surface area contributed by atoms with Gasteiger partial charge in [0.1, 0.15) is 5.75 Å². The van der Waals surface area contributed by atoms with E-state index in [0.717, 1.165) is 5.56 Å². The highest BCUT2D eigenvalue weighted by Gasteiger charge is 2.14. The molecule has 5 heteroatoms. The Morgan fingerprint density at radius 2 is 1.65 bits per heavy atom. The van der Waals surface area contributed by atoms with Gasteiger partial charge in [-0.2, -0.15) is 0 Å². The second-order valence-corrected chi connectivity index (χ2v) is 5.01. The fourth-order valence-electron chi connectivity index (χ4n) is 2.36. The molecule has 23 heavy (non-hydrogen) atoms. The molecule has 0 aromatic heterocycles. The summed E-state index contributed by atoms with van der Waals surface area (Å²) < 4.78 is 15.9. The smallest absolute Gasteiger partial charge is 0.203 e. The zero-order valence-corrected chi connectivity index (χ0v) is 13.5. The predicted molar refractivity (Wildman–Crippen MR) is 86.9 cm³/mol. The summed E-state index contributed by atoms with van der Waals surface area (Å²) in [5.41, 5.74) is 1.41. The van der Waals surface area contributed by atoms with Crippen LogP contribution in [0.3, 0.4) is 0 Å². The minimum atomic E-state index is -0.0327. The van der Waals surface area contributed by atoms with E-state index in [9.17, 15) is 9.90 Å². The topological polar surface area (TPSA) is 65.0 Å². The number of aromatic hydroxyl groups is 1. The number of ketones is 1. The quantitative estimate of drug-likeness (QED) is 0.794. The van der Waals surface area contributed by atoms with Crippen molar-refractivity contribution in [3.8, 4) is 23.0 Å². The van der Waals surface area contributed by atoms with Gasteiger partial charge in [0.05, 0.1) is 21.3 Å². The van der Waals surface area contributed by atoms with Crippen LogP contribution < -0.4 is 14.2 Å². The molecule has 2 rings (SSSR count). The molecule has 0 radical (unpaired) electrons. The van der Waals surface area contributed by atoms with Crippen molar-refractivity contribution in [2.75, 3.05) is 21.3 Å². The number of phenols is 1. The zero-order chi connectivity index (χ0) is 16.8. The van der Waals surface area contributed by atoms with Crippen LogP contribution in [0.5, 0.6) is 23.0 Å². The Hall–Kier alpha value is -2.69. The number of methoxy groups -OCH3 is 3. The summed E-state index contributed by atoms with van der Waals surface area (Å²) in [6.07, 6.45) is 0.854. The van der Waals surface area contributed by atoms with Crippen LogP contribution in [0.25, 0.3) is 0 Å². The van der Waals surface area contributed by atoms with Crippen molar-refractivity contribution >= 4 is 5.78 Å². The third-order valence-corrected chi connectivity index (χ3v) is 3.53. The van der Waals surface area contributed by atoms with Crippen LogP contribution in [0.1, 0.15) is 22.3 Å². The Labute approximate surface area is 135 Å². The van der Waals surface area contributed by atoms with Crippen LogP contribution in [-0.4, -0.2) is 32.2 Å². The number of Topliss-reactive ketones (excluding diaryl/α,β-unsaturated/α-hetero) is 1. The summed E-state index contributed by atoms with van der Waals surface area (Å²) in [4.78, 5) is 12.2. The highest BCUT2D eigenvalue weighted by molar-refractivity contribution is 5.96. The molecule has 0 amide bonds. The Morgan fingerprint density at radius 3 is 2.17 bits per heavy atom. The van der Waals surface area contributed by atoms with Gasteiger partial charge < -0.3 is 19.3 Å². The Morgan fingerprint density at radius 1 is 1.00 bits per heavy atom. The van der Waals surface area contributed by atoms with Gasteiger partial charge in [0.25, 0.3) is 0 Å². The van der Waals surface area contributed by atoms with E-state index in [0.29, 0.717) is 35.7 Å². The number of carbonyl (C=O) groups is 1. The molecule has 5 nitrogen and oxygen atoms in total. The average Bonchev–Trinajstić information content (AvgIpc) is 2.58. The Balaban J connectivity index is 2.15. The van der Waals surface area contributed by atoms with Crippen molar-refractivity contribution in [1.82, 2.24) is 0 Å². The lowest BCUT2D eigenvalue weighted by atomic mass is 10.0. The van der Waals surface area contributed by atoms with Crippen LogP contribution in [-0.2, 0) is 6.42 Å². The number of benzene rings is 2. The second-order valence-electron chi connectivity index (χ2n) is 5.01. The molecule has 0 aliphatic heterocycles. The van der Waals surface area contributed by atoms with Gasteiger partial charge in [-0.25, -0.2) is 0 Å². The number of hydrogen-bond donors (Lipinski definition) is 1. The first-order valence-electron chi connectivity index (χ1n) is 7.20. The summed E-state index contributed by atoms with van der Waals surface area (Å²) in [6, 6.07) is 10.0. The van der Waals surface area contributed by atoms with Crippen molar-refractivity contribution in [3.63, 3.8) is 0 Å². The summed E-state index contributed by atoms with van der Waals surface area (Å²) in [5.74, 6) is 1.70. The van der Waals surface area contributed by atoms with Gasteiger partial charge >= 0.3 is 0 Å². The summed E-state index contributed by atoms with van der Waals surface area (Å²) in [6.45, 7) is 0. The maximum absolute atomic E-state index is 12.2. The molecule has 2 aromatic rings. The fourth-order valence-corrected chi connectivity index (χ4v) is 2.36. The van der Waals surface area contributed by atoms with Gasteiger partial charge in [0.2, 0.25) is 5.75 Å². The predicted octanol–water partition coefficient (Wildman–Crippen LogP) is 3.23. The number of carbonyl (C=O) groups excluding carboxylic acids is 1. The maximum atomic E-state index is 12.2. The molecule has 0 saturated heterocycles. The highest BCUT2D eigenvalue weighted by Crippen LogP contribution is 2.38. The SMILES string of the molecule is COc1cc(CCC(=O)c2cccc(O)c2)cc(OC)c1OC. The molecule has 2 aromatic carbocycles. The minimum absolute atomic E-state index is 0.0327. The fraction of sp³-hybridized carbons (Fsp3) is 0.278. The first kappa shape index (κ1) is 16.7. The summed E-state index contributed by atoms with van der Waals surface area (Å²) in [5, 5.41) is 9.44. The molecule has 0 aliphatic rings. The van der Waals surface area contributed by atoms with E-state index in [4.69, 9.17) is 14.2 Å². The molecule has 0 spiro atoms. The van der Waals surface area contributed by atoms with Crippen molar-refractivity contribution < 1.29 is 24.1 Å². The molecule has 122 valence electrons. The van der Waals surface area contributed by atoms with Gasteiger partial charge in [-0.3, -0.25) is 4.79 Å². The van der Waals surface area contributed by atoms with E-state index < -0.39 is 0 Å². The van der Waals surface area contributed by atoms with Gasteiger partial charge in [-0.1, -0.05) is 12.1 Å². The van der Waals surface area contributed by atoms with E-state index in [1.165, 1.54) is 12.1 Å². The molecule has 1 N–H and O–H groups in total. The third-order valence-electron chi connectivity index (χ3n) is 3.53. The first-order valence-corrected chi connectivity index (χ1v) is 7.20. The monoisotopic (exact) mass is 316 g/mol. The van der Waals surface area contributed by atoms with Gasteiger partial charge in [-0.05, 0) is 36.2 Å². The van der Waals surface area contributed by atoms with Gasteiger partial charge in [0, 0.05) is 12.0 Å². The number of aryl methyl sites for hydroxylation is 1. The van der Waals surface area contributed by atoms with Crippen molar-refractivity contribution in [1.29, 1.82) is 0 Å². The van der Waals surface area contributed by atoms with E-state index in [-0.39, 0.29) is 11.5 Å². The van der Waals surface area contributed by atoms with E-state index in [1.807, 2.05) is 12.1 Å². The first-order chi connectivity index (χ1) is 11.1. The lowest BCUT2D eigenvalue weighted by molar-refractivity contribution is 0.0982. The molecule has 0 atom stereocenters. The van der Waals surface area contributed by atoms with Crippen LogP contribution in [0.2, 0.25) is 0 Å². The molecule has 0 fully saturated rings. The molecular formula is C18H20O5. The molecule has 0 aliphatic carbocycles. The van der Waals surface area contributed by atoms with Crippen LogP contribution >= 0.6 is 0 Å². The van der Waals surface area contributed by atoms with Crippen molar-refractivity contribution in [3.05, 3.63) is 47.5 Å². The Kier molecular flexibility index (Phi) is 5.46. The van der Waals surface area contributed by atoms with Crippen LogP contribution in [0.15, 0.2) is 36.4 Å². The number of hydrogen-bond acceptors (Lipinski definition) is 5. The highest BCUT2D eigenvalue weighted by atomic mass is 16.5. The number of ether oxygens (including phenoxy) is 3. The van der Waals surface area contributed by atoms with Crippen molar-refractivity contribution in [2.24, 2.45) is 0 Å². The third kappa shape index (κ3) is 3.94. The standard InChI is InChI=1S/C18H20O5/c1-21-16-9-12(10-17(22-2)18(16)23-3)7-8-15(20)13-5-4-6-14(19)11-13/h4-6,9-11,19H,7-8H2,1-3H3. The van der Waals surface area contributed by atoms with E-state index >= 15 is 0 Å². The van der Waals surface area contributed by atoms with Crippen LogP contribution in [0, 0.1) is 0 Å². The molecule has 0 saturated carbocycles. The molecular weight excluding hydrogens is 296 g/mol. The summed E-state index contributed by atoms with van der Waals surface area (Å²) in [7, 11) is 4.66. The van der Waals surface area contributed by atoms with E-state index in [1.54, 1.807) is 33.5 Å². The second kappa shape index (κ2) is 7.54. The molecule has 0 heterocycles. The largest absolute Gasteiger partial charge is 0.508 e. The van der Waals surface area contributed by atoms with Gasteiger partial charge in [0.15, 0.2) is 17.3 Å². The Bertz CT molecular complexity index is 669.